The second-order valence-corrected chi connectivity index (χ2v) is 27.0. The molecule has 32 heteroatoms. The topological polar surface area (TPSA) is 369 Å². The molecule has 1 aliphatic carbocycles. The quantitative estimate of drug-likeness (QED) is 0.0477. The molecule has 8 aromatic rings. The van der Waals surface area contributed by atoms with Crippen LogP contribution in [0, 0.1) is 18.8 Å². The standard InChI is InChI=1S/C58H59N13O13S6/c1-26(2)42-56-70-45(37(90-56)21-83-5)49(78)60-20-40(73)67-46(47(76)28-10-7-6-8-11-28)55-65-36(24-87-55)53-63-34(22-86-53)44-31(51-64-35(23-85-51)48(77)62-33(19-39(72)59-4)54-69-43(27(3)89-54)50(79)68-42)15-16-32(61-44)52-66-38(25-88-52)71(17-9-12-41(74)75)58(82)84-30-14-13-29(18-30)57(80)81/h6-8,10-11,15-16,22-26,29-30,33,42,46-47,76H,9,12-14,17-21H2,1-5H3,(H,59,72)(H,60,78)(H,62,77)(H,67,73)(H,68,79)(H,74,75)(H,80,81)/t29-,30-,33-,42?,46-,47-/m0/s1. The zero-order valence-electron chi connectivity index (χ0n) is 48.7. The van der Waals surface area contributed by atoms with Gasteiger partial charge in [0, 0.05) is 59.1 Å². The molecule has 90 heavy (non-hydrogen) atoms. The van der Waals surface area contributed by atoms with Crippen LogP contribution in [0.1, 0.15) is 138 Å². The number of anilines is 1. The van der Waals surface area contributed by atoms with Crippen molar-refractivity contribution in [1.29, 1.82) is 0 Å². The summed E-state index contributed by atoms with van der Waals surface area (Å²) in [6.45, 7) is 4.80. The lowest BCUT2D eigenvalue weighted by Crippen LogP contribution is -2.40. The first-order valence-corrected chi connectivity index (χ1v) is 33.3. The summed E-state index contributed by atoms with van der Waals surface area (Å²) >= 11 is 6.93. The summed E-state index contributed by atoms with van der Waals surface area (Å²) in [6, 6.07) is 9.19. The number of amides is 6. The highest BCUT2D eigenvalue weighted by Crippen LogP contribution is 2.41. The van der Waals surface area contributed by atoms with E-state index in [9.17, 15) is 53.7 Å². The number of hydrogen-bond donors (Lipinski definition) is 8. The van der Waals surface area contributed by atoms with Crippen molar-refractivity contribution >= 4 is 121 Å². The number of fused-ring (bicyclic) bond motifs is 14. The van der Waals surface area contributed by atoms with E-state index in [1.807, 2.05) is 13.8 Å². The maximum absolute atomic E-state index is 14.4. The molecular formula is C58H59N13O13S6. The predicted octanol–water partition coefficient (Wildman–Crippen LogP) is 8.37. The van der Waals surface area contributed by atoms with Gasteiger partial charge in [0.1, 0.15) is 88.3 Å². The fourth-order valence-corrected chi connectivity index (χ4v) is 15.4. The van der Waals surface area contributed by atoms with E-state index >= 15 is 0 Å². The maximum atomic E-state index is 14.4. The predicted molar refractivity (Wildman–Crippen MR) is 336 cm³/mol. The zero-order chi connectivity index (χ0) is 63.9. The number of carboxylic acids is 2. The lowest BCUT2D eigenvalue weighted by molar-refractivity contribution is -0.141. The average Bonchev–Trinajstić information content (AvgIpc) is 1.82. The number of hydrogen-bond acceptors (Lipinski definition) is 24. The number of methoxy groups -OCH3 is 1. The molecule has 7 aromatic heterocycles. The third-order valence-corrected chi connectivity index (χ3v) is 20.2. The van der Waals surface area contributed by atoms with Crippen LogP contribution in [0.15, 0.2) is 64.0 Å². The van der Waals surface area contributed by atoms with Crippen LogP contribution in [0.3, 0.4) is 0 Å². The van der Waals surface area contributed by atoms with Gasteiger partial charge in [-0.3, -0.25) is 38.5 Å². The molecule has 0 radical (unpaired) electrons. The van der Waals surface area contributed by atoms with E-state index in [0.717, 1.165) is 56.7 Å². The van der Waals surface area contributed by atoms with Gasteiger partial charge >= 0.3 is 18.0 Å². The Kier molecular flexibility index (Phi) is 20.6. The summed E-state index contributed by atoms with van der Waals surface area (Å²) in [7, 11) is 2.91. The first kappa shape index (κ1) is 64.6. The molecule has 10 rings (SSSR count). The van der Waals surface area contributed by atoms with Crippen LogP contribution in [0.2, 0.25) is 0 Å². The Balaban J connectivity index is 1.04. The number of thiazole rings is 6. The van der Waals surface area contributed by atoms with Gasteiger partial charge in [-0.25, -0.2) is 39.7 Å². The summed E-state index contributed by atoms with van der Waals surface area (Å²) in [5.74, 6) is -5.86. The van der Waals surface area contributed by atoms with Gasteiger partial charge in [-0.1, -0.05) is 44.2 Å². The molecule has 1 saturated carbocycles. The fraction of sp³-hybridized carbons (Fsp3) is 0.362. The largest absolute Gasteiger partial charge is 0.481 e. The monoisotopic (exact) mass is 1340 g/mol. The summed E-state index contributed by atoms with van der Waals surface area (Å²) in [4.78, 5) is 143. The van der Waals surface area contributed by atoms with E-state index in [4.69, 9.17) is 34.4 Å². The van der Waals surface area contributed by atoms with E-state index in [1.165, 1.54) is 30.4 Å². The third-order valence-electron chi connectivity index (χ3n) is 14.5. The molecule has 26 nitrogen and oxygen atoms in total. The van der Waals surface area contributed by atoms with E-state index in [2.05, 4.69) is 36.6 Å². The number of rotatable bonds is 15. The van der Waals surface area contributed by atoms with Gasteiger partial charge in [0.15, 0.2) is 0 Å². The molecule has 1 unspecified atom stereocenters. The second kappa shape index (κ2) is 28.6. The summed E-state index contributed by atoms with van der Waals surface area (Å²) in [5, 5.41) is 53.7. The van der Waals surface area contributed by atoms with E-state index in [-0.39, 0.29) is 78.4 Å². The number of aliphatic carboxylic acids is 2. The van der Waals surface area contributed by atoms with Crippen molar-refractivity contribution in [3.05, 3.63) is 111 Å². The zero-order valence-corrected chi connectivity index (χ0v) is 53.6. The van der Waals surface area contributed by atoms with Gasteiger partial charge in [0.2, 0.25) is 11.8 Å². The molecule has 6 atom stereocenters. The summed E-state index contributed by atoms with van der Waals surface area (Å²) in [5.41, 5.74) is 2.25. The van der Waals surface area contributed by atoms with Gasteiger partial charge in [0.25, 0.3) is 17.7 Å². The van der Waals surface area contributed by atoms with E-state index in [0.29, 0.717) is 75.8 Å². The molecule has 2 aliphatic rings. The number of aliphatic hydroxyl groups excluding tert-OH is 1. The van der Waals surface area contributed by atoms with Gasteiger partial charge in [-0.05, 0) is 56.2 Å². The lowest BCUT2D eigenvalue weighted by atomic mass is 10.0. The van der Waals surface area contributed by atoms with E-state index < -0.39 is 90.4 Å². The number of aromatic nitrogens is 7. The molecule has 1 fully saturated rings. The first-order chi connectivity index (χ1) is 43.2. The van der Waals surface area contributed by atoms with Crippen LogP contribution in [0.4, 0.5) is 10.6 Å². The number of carbonyl (C=O) groups is 8. The molecular weight excluding hydrogens is 1280 g/mol. The number of aryl methyl sites for hydroxylation is 1. The molecule has 0 saturated heterocycles. The number of aliphatic hydroxyl groups is 1. The van der Waals surface area contributed by atoms with Crippen LogP contribution in [0.25, 0.3) is 43.4 Å². The molecule has 6 amide bonds. The highest BCUT2D eigenvalue weighted by Gasteiger charge is 2.36. The minimum absolute atomic E-state index is 0.0158. The van der Waals surface area contributed by atoms with Crippen molar-refractivity contribution in [2.24, 2.45) is 11.8 Å². The number of benzene rings is 1. The van der Waals surface area contributed by atoms with Crippen LogP contribution in [0.5, 0.6) is 0 Å². The van der Waals surface area contributed by atoms with Gasteiger partial charge in [0.05, 0.1) is 48.1 Å². The fourth-order valence-electron chi connectivity index (χ4n) is 9.86. The smallest absolute Gasteiger partial charge is 0.415 e. The molecule has 1 aliphatic heterocycles. The molecule has 8 N–H and O–H groups in total. The minimum Gasteiger partial charge on any atom is -0.481 e. The van der Waals surface area contributed by atoms with Crippen molar-refractivity contribution in [2.45, 2.75) is 96.2 Å². The minimum atomic E-state index is -1.31. The van der Waals surface area contributed by atoms with Crippen molar-refractivity contribution in [3.63, 3.8) is 0 Å². The Hall–Kier alpha value is -8.37. The van der Waals surface area contributed by atoms with Crippen molar-refractivity contribution in [1.82, 2.24) is 61.5 Å². The molecule has 0 spiro atoms. The number of pyridine rings is 1. The highest BCUT2D eigenvalue weighted by atomic mass is 32.1. The molecule has 10 bridgehead atoms. The third kappa shape index (κ3) is 14.9. The Morgan fingerprint density at radius 3 is 2.18 bits per heavy atom. The summed E-state index contributed by atoms with van der Waals surface area (Å²) < 4.78 is 11.2. The van der Waals surface area contributed by atoms with Crippen molar-refractivity contribution in [2.75, 3.05) is 32.1 Å². The molecule has 1 aromatic carbocycles. The van der Waals surface area contributed by atoms with Crippen LogP contribution < -0.4 is 31.5 Å². The number of carboxylic acid groups (broad SMARTS) is 2. The van der Waals surface area contributed by atoms with Crippen molar-refractivity contribution < 1.29 is 63.1 Å². The Labute approximate surface area is 537 Å². The number of nitrogens with one attached hydrogen (secondary N) is 5. The Bertz CT molecular complexity index is 3990. The van der Waals surface area contributed by atoms with E-state index in [1.54, 1.807) is 70.9 Å². The van der Waals surface area contributed by atoms with Crippen LogP contribution in [-0.4, -0.2) is 131 Å². The molecule has 8 heterocycles. The normalized spacial score (nSPS) is 18.4. The number of carbonyl (C=O) groups excluding carboxylic acids is 6. The van der Waals surface area contributed by atoms with Gasteiger partial charge in [-0.2, -0.15) is 0 Å². The highest BCUT2D eigenvalue weighted by molar-refractivity contribution is 7.15. The SMILES string of the molecule is CNC(=O)C[C@@H]1NC(=O)c2csc(n2)-c2ccc(-c3nc(N(CCCC(=O)O)C(=O)O[C@H]4CC[C@H](C(=O)O)C4)cs3)nc2-c2csc(n2)-c2csc(n2)[C@H]([C@@H](O)c2ccccc2)NC(=O)CNC(=O)c2nc(sc2COC)C(C(C)C)NC(=O)c2nc1sc2C. The van der Waals surface area contributed by atoms with Gasteiger partial charge < -0.3 is 51.4 Å². The number of nitrogens with zero attached hydrogens (tertiary/aromatic N) is 8. The number of ether oxygens (including phenoxy) is 2. The van der Waals surface area contributed by atoms with Crippen LogP contribution >= 0.6 is 68.0 Å². The summed E-state index contributed by atoms with van der Waals surface area (Å²) in [6.07, 6.45) is -2.42. The van der Waals surface area contributed by atoms with Crippen LogP contribution in [-0.2, 0) is 35.3 Å². The lowest BCUT2D eigenvalue weighted by Gasteiger charge is -2.23. The average molecular weight is 1340 g/mol. The van der Waals surface area contributed by atoms with Crippen molar-refractivity contribution in [3.8, 4) is 43.4 Å². The Morgan fingerprint density at radius 1 is 0.722 bits per heavy atom. The molecule has 470 valence electrons. The Morgan fingerprint density at radius 2 is 1.44 bits per heavy atom. The second-order valence-electron chi connectivity index (χ2n) is 21.1. The van der Waals surface area contributed by atoms with Gasteiger partial charge in [-0.15, -0.1) is 68.0 Å². The first-order valence-electron chi connectivity index (χ1n) is 28.1. The maximum Gasteiger partial charge on any atom is 0.415 e.